The van der Waals surface area contributed by atoms with Crippen molar-refractivity contribution < 1.29 is 23.8 Å². The highest BCUT2D eigenvalue weighted by atomic mass is 31.2. The normalized spacial score (nSPS) is 24.5. The molecule has 14 heavy (non-hydrogen) atoms. The van der Waals surface area contributed by atoms with Gasteiger partial charge in [-0.1, -0.05) is 0 Å². The monoisotopic (exact) mass is 223 g/mol. The van der Waals surface area contributed by atoms with Crippen LogP contribution in [-0.2, 0) is 18.9 Å². The Kier molecular flexibility index (Phi) is 3.66. The van der Waals surface area contributed by atoms with Gasteiger partial charge in [0.25, 0.3) is 0 Å². The van der Waals surface area contributed by atoms with Gasteiger partial charge in [0.15, 0.2) is 0 Å². The molecular weight excluding hydrogens is 209 g/mol. The second kappa shape index (κ2) is 4.40. The minimum absolute atomic E-state index is 0.319. The van der Waals surface area contributed by atoms with Crippen molar-refractivity contribution in [3.8, 4) is 0 Å². The number of rotatable bonds is 3. The number of methoxy groups -OCH3 is 1. The van der Waals surface area contributed by atoms with Crippen molar-refractivity contribution in [3.05, 3.63) is 0 Å². The molecule has 1 rings (SSSR count). The summed E-state index contributed by atoms with van der Waals surface area (Å²) in [7, 11) is -2.26. The molecule has 1 aliphatic rings. The topological polar surface area (TPSA) is 76.1 Å². The quantitative estimate of drug-likeness (QED) is 0.699. The fourth-order valence-electron chi connectivity index (χ4n) is 1.24. The molecule has 2 atom stereocenters. The van der Waals surface area contributed by atoms with Crippen LogP contribution in [0.5, 0.6) is 0 Å². The third-order valence-electron chi connectivity index (χ3n) is 1.83. The van der Waals surface area contributed by atoms with Crippen LogP contribution in [0.3, 0.4) is 0 Å². The Balaban J connectivity index is 2.77. The summed E-state index contributed by atoms with van der Waals surface area (Å²) >= 11 is 0. The largest absolute Gasteiger partial charge is 0.351 e. The number of carbonyl (C=O) groups excluding carboxylic acids is 1. The molecule has 0 aromatic rings. The van der Waals surface area contributed by atoms with E-state index in [9.17, 15) is 14.3 Å². The first-order valence-electron chi connectivity index (χ1n) is 4.24. The third kappa shape index (κ3) is 2.54. The maximum atomic E-state index is 11.3. The molecule has 1 fully saturated rings. The summed E-state index contributed by atoms with van der Waals surface area (Å²) in [5.74, 6) is -1.52. The second-order valence-electron chi connectivity index (χ2n) is 3.16. The van der Waals surface area contributed by atoms with E-state index in [0.29, 0.717) is 19.4 Å². The summed E-state index contributed by atoms with van der Waals surface area (Å²) in [6, 6.07) is 0. The number of carbonyl (C=O) groups is 1. The molecule has 1 heterocycles. The lowest BCUT2D eigenvalue weighted by molar-refractivity contribution is -0.232. The van der Waals surface area contributed by atoms with Crippen molar-refractivity contribution >= 4 is 13.3 Å². The van der Waals surface area contributed by atoms with E-state index in [0.717, 1.165) is 11.7 Å². The molecule has 0 radical (unpaired) electrons. The van der Waals surface area contributed by atoms with Crippen LogP contribution < -0.4 is 0 Å². The number of amides is 1. The van der Waals surface area contributed by atoms with E-state index in [2.05, 4.69) is 0 Å². The lowest BCUT2D eigenvalue weighted by atomic mass is 10.3. The predicted molar refractivity (Wildman–Crippen MR) is 48.6 cm³/mol. The first-order chi connectivity index (χ1) is 6.46. The van der Waals surface area contributed by atoms with Gasteiger partial charge >= 0.3 is 0 Å². The van der Waals surface area contributed by atoms with Gasteiger partial charge in [0.05, 0.1) is 6.61 Å². The summed E-state index contributed by atoms with van der Waals surface area (Å²) in [6.07, 6.45) is 0.949. The summed E-state index contributed by atoms with van der Waals surface area (Å²) < 4.78 is 16.1. The Hall–Kier alpha value is -0.420. The van der Waals surface area contributed by atoms with Gasteiger partial charge in [0.1, 0.15) is 0 Å². The zero-order valence-corrected chi connectivity index (χ0v) is 9.07. The van der Waals surface area contributed by atoms with Crippen molar-refractivity contribution in [2.24, 2.45) is 0 Å². The molecule has 1 amide bonds. The van der Waals surface area contributed by atoms with Gasteiger partial charge < -0.3 is 9.63 Å². The molecule has 0 aliphatic carbocycles. The SMILES string of the molecule is COC(N1OCCCC1=O)P(C)(=O)O. The van der Waals surface area contributed by atoms with Crippen molar-refractivity contribution in [1.29, 1.82) is 0 Å². The first kappa shape index (κ1) is 11.7. The van der Waals surface area contributed by atoms with Crippen LogP contribution in [0, 0.1) is 0 Å². The van der Waals surface area contributed by atoms with Crippen LogP contribution in [0.15, 0.2) is 0 Å². The maximum absolute atomic E-state index is 11.3. The number of ether oxygens (including phenoxy) is 1. The summed E-state index contributed by atoms with van der Waals surface area (Å²) in [4.78, 5) is 25.6. The van der Waals surface area contributed by atoms with Gasteiger partial charge in [0.2, 0.25) is 19.2 Å². The maximum Gasteiger partial charge on any atom is 0.249 e. The minimum Gasteiger partial charge on any atom is -0.351 e. The predicted octanol–water partition coefficient (Wildman–Crippen LogP) is 0.371. The fraction of sp³-hybridized carbons (Fsp3) is 0.857. The molecule has 0 aromatic carbocycles. The van der Waals surface area contributed by atoms with Crippen molar-refractivity contribution in [1.82, 2.24) is 5.06 Å². The van der Waals surface area contributed by atoms with E-state index in [4.69, 9.17) is 9.57 Å². The number of hydroxylamine groups is 2. The molecule has 6 nitrogen and oxygen atoms in total. The molecule has 1 aliphatic heterocycles. The first-order valence-corrected chi connectivity index (χ1v) is 6.42. The van der Waals surface area contributed by atoms with E-state index in [1.807, 2.05) is 0 Å². The van der Waals surface area contributed by atoms with Gasteiger partial charge in [-0.05, 0) is 6.42 Å². The average molecular weight is 223 g/mol. The summed E-state index contributed by atoms with van der Waals surface area (Å²) in [5.41, 5.74) is 0. The third-order valence-corrected chi connectivity index (χ3v) is 3.07. The summed E-state index contributed by atoms with van der Waals surface area (Å²) in [6.45, 7) is 1.50. The van der Waals surface area contributed by atoms with Crippen LogP contribution >= 0.6 is 7.37 Å². The fourth-order valence-corrected chi connectivity index (χ4v) is 2.22. The van der Waals surface area contributed by atoms with E-state index in [-0.39, 0.29) is 5.91 Å². The Morgan fingerprint density at radius 2 is 2.36 bits per heavy atom. The highest BCUT2D eigenvalue weighted by Gasteiger charge is 2.37. The Morgan fingerprint density at radius 3 is 2.79 bits per heavy atom. The highest BCUT2D eigenvalue weighted by Crippen LogP contribution is 2.44. The Labute approximate surface area is 82.2 Å². The van der Waals surface area contributed by atoms with Crippen LogP contribution in [0.2, 0.25) is 0 Å². The molecule has 0 aromatic heterocycles. The van der Waals surface area contributed by atoms with E-state index >= 15 is 0 Å². The molecule has 0 saturated carbocycles. The van der Waals surface area contributed by atoms with Crippen LogP contribution in [0.1, 0.15) is 12.8 Å². The van der Waals surface area contributed by atoms with Crippen LogP contribution in [0.4, 0.5) is 0 Å². The molecule has 0 bridgehead atoms. The van der Waals surface area contributed by atoms with E-state index < -0.39 is 13.3 Å². The van der Waals surface area contributed by atoms with Gasteiger partial charge in [-0.2, -0.15) is 5.06 Å². The molecule has 1 saturated heterocycles. The van der Waals surface area contributed by atoms with Crippen molar-refractivity contribution in [2.45, 2.75) is 18.8 Å². The molecule has 82 valence electrons. The Bertz CT molecular complexity index is 263. The van der Waals surface area contributed by atoms with Crippen LogP contribution in [0.25, 0.3) is 0 Å². The molecule has 7 heteroatoms. The zero-order valence-electron chi connectivity index (χ0n) is 8.17. The molecule has 2 unspecified atom stereocenters. The second-order valence-corrected chi connectivity index (χ2v) is 5.49. The molecular formula is C7H14NO5P. The van der Waals surface area contributed by atoms with Gasteiger partial charge in [-0.3, -0.25) is 14.2 Å². The van der Waals surface area contributed by atoms with Crippen LogP contribution in [-0.4, -0.2) is 42.2 Å². The van der Waals surface area contributed by atoms with Gasteiger partial charge in [-0.15, -0.1) is 0 Å². The minimum atomic E-state index is -3.52. The average Bonchev–Trinajstić information content (AvgIpc) is 2.07. The number of hydrogen-bond acceptors (Lipinski definition) is 4. The number of nitrogens with zero attached hydrogens (tertiary/aromatic N) is 1. The zero-order chi connectivity index (χ0) is 10.8. The number of hydrogen-bond donors (Lipinski definition) is 1. The molecule has 1 N–H and O–H groups in total. The molecule has 0 spiro atoms. The highest BCUT2D eigenvalue weighted by molar-refractivity contribution is 7.57. The van der Waals surface area contributed by atoms with E-state index in [1.54, 1.807) is 0 Å². The lowest BCUT2D eigenvalue weighted by Gasteiger charge is -2.33. The van der Waals surface area contributed by atoms with Gasteiger partial charge in [0, 0.05) is 20.2 Å². The van der Waals surface area contributed by atoms with Gasteiger partial charge in [-0.25, -0.2) is 0 Å². The summed E-state index contributed by atoms with van der Waals surface area (Å²) in [5, 5.41) is 0.865. The standard InChI is InChI=1S/C7H14NO5P/c1-12-7(14(2,10)11)8-6(9)4-3-5-13-8/h7H,3-5H2,1-2H3,(H,10,11). The Morgan fingerprint density at radius 1 is 1.71 bits per heavy atom. The smallest absolute Gasteiger partial charge is 0.249 e. The lowest BCUT2D eigenvalue weighted by Crippen LogP contribution is -2.43. The van der Waals surface area contributed by atoms with Crippen molar-refractivity contribution in [3.63, 3.8) is 0 Å². The van der Waals surface area contributed by atoms with Crippen molar-refractivity contribution in [2.75, 3.05) is 20.4 Å². The van der Waals surface area contributed by atoms with E-state index in [1.165, 1.54) is 7.11 Å².